The molecule has 0 saturated heterocycles. The number of hydrogen-bond donors (Lipinski definition) is 0. The third-order valence-corrected chi connectivity index (χ3v) is 1.79. The third kappa shape index (κ3) is 1.69. The topological polar surface area (TPSA) is 12.9 Å². The first kappa shape index (κ1) is 9.32. The van der Waals surface area contributed by atoms with Gasteiger partial charge in [-0.25, -0.2) is 13.8 Å². The molecule has 0 aliphatic heterocycles. The summed E-state index contributed by atoms with van der Waals surface area (Å²) >= 11 is 5.45. The van der Waals surface area contributed by atoms with Crippen molar-refractivity contribution in [3.8, 4) is 0 Å². The predicted octanol–water partition coefficient (Wildman–Crippen LogP) is 3.12. The Balaban J connectivity index is 3.21. The van der Waals surface area contributed by atoms with Gasteiger partial charge in [-0.05, 0) is 13.0 Å². The average Bonchev–Trinajstić information content (AvgIpc) is 1.99. The van der Waals surface area contributed by atoms with Crippen molar-refractivity contribution in [3.05, 3.63) is 28.3 Å². The van der Waals surface area contributed by atoms with E-state index in [1.807, 2.05) is 0 Å². The molecule has 0 saturated carbocycles. The van der Waals surface area contributed by atoms with Crippen molar-refractivity contribution in [2.24, 2.45) is 0 Å². The highest BCUT2D eigenvalue weighted by Gasteiger charge is 2.13. The lowest BCUT2D eigenvalue weighted by molar-refractivity contribution is 0.144. The molecule has 1 aromatic rings. The highest BCUT2D eigenvalue weighted by atomic mass is 35.5. The summed E-state index contributed by atoms with van der Waals surface area (Å²) in [6, 6.07) is 0.963. The van der Waals surface area contributed by atoms with E-state index in [9.17, 15) is 13.2 Å². The maximum absolute atomic E-state index is 12.7. The van der Waals surface area contributed by atoms with Gasteiger partial charge in [0.05, 0.1) is 5.02 Å². The Bertz CT molecular complexity index is 278. The summed E-state index contributed by atoms with van der Waals surface area (Å²) in [7, 11) is 0. The lowest BCUT2D eigenvalue weighted by Gasteiger charge is -2.02. The van der Waals surface area contributed by atoms with Crippen LogP contribution in [0.25, 0.3) is 0 Å². The normalized spacial score (nSPS) is 10.8. The molecule has 66 valence electrons. The van der Waals surface area contributed by atoms with Crippen LogP contribution in [0.3, 0.4) is 0 Å². The summed E-state index contributed by atoms with van der Waals surface area (Å²) in [4.78, 5) is 3.03. The van der Waals surface area contributed by atoms with Crippen LogP contribution in [0.1, 0.15) is 17.7 Å². The van der Waals surface area contributed by atoms with Crippen molar-refractivity contribution < 1.29 is 13.2 Å². The molecular formula is C7H5ClF3N. The van der Waals surface area contributed by atoms with Crippen LogP contribution >= 0.6 is 11.6 Å². The van der Waals surface area contributed by atoms with E-state index in [1.165, 1.54) is 6.92 Å². The van der Waals surface area contributed by atoms with Crippen LogP contribution in [0.15, 0.2) is 6.07 Å². The second-order valence-electron chi connectivity index (χ2n) is 2.25. The summed E-state index contributed by atoms with van der Waals surface area (Å²) < 4.78 is 36.6. The second kappa shape index (κ2) is 3.31. The molecule has 0 N–H and O–H groups in total. The molecule has 1 heterocycles. The summed E-state index contributed by atoms with van der Waals surface area (Å²) in [5.74, 6) is -0.946. The van der Waals surface area contributed by atoms with E-state index in [4.69, 9.17) is 11.6 Å². The summed E-state index contributed by atoms with van der Waals surface area (Å²) in [5.41, 5.74) is -0.552. The Morgan fingerprint density at radius 2 is 2.08 bits per heavy atom. The Labute approximate surface area is 72.2 Å². The Kier molecular flexibility index (Phi) is 2.57. The first-order valence-electron chi connectivity index (χ1n) is 3.13. The van der Waals surface area contributed by atoms with E-state index in [1.54, 1.807) is 0 Å². The second-order valence-corrected chi connectivity index (χ2v) is 2.65. The van der Waals surface area contributed by atoms with E-state index >= 15 is 0 Å². The zero-order valence-electron chi connectivity index (χ0n) is 6.11. The van der Waals surface area contributed by atoms with Crippen molar-refractivity contribution in [2.45, 2.75) is 13.3 Å². The number of nitrogens with zero attached hydrogens (tertiary/aromatic N) is 1. The third-order valence-electron chi connectivity index (χ3n) is 1.39. The van der Waals surface area contributed by atoms with Gasteiger partial charge in [-0.15, -0.1) is 0 Å². The van der Waals surface area contributed by atoms with Gasteiger partial charge in [-0.1, -0.05) is 11.6 Å². The number of hydrogen-bond acceptors (Lipinski definition) is 1. The molecule has 0 aromatic carbocycles. The summed E-state index contributed by atoms with van der Waals surface area (Å²) in [5, 5.41) is -0.0298. The molecule has 0 aliphatic rings. The number of pyridine rings is 1. The highest BCUT2D eigenvalue weighted by Crippen LogP contribution is 2.23. The fourth-order valence-corrected chi connectivity index (χ4v) is 0.868. The van der Waals surface area contributed by atoms with E-state index in [-0.39, 0.29) is 10.6 Å². The molecule has 1 rings (SSSR count). The van der Waals surface area contributed by atoms with E-state index in [0.29, 0.717) is 0 Å². The van der Waals surface area contributed by atoms with Gasteiger partial charge in [0.25, 0.3) is 6.43 Å². The first-order valence-corrected chi connectivity index (χ1v) is 3.51. The van der Waals surface area contributed by atoms with Crippen LogP contribution in [0, 0.1) is 12.9 Å². The fourth-order valence-electron chi connectivity index (χ4n) is 0.678. The van der Waals surface area contributed by atoms with Gasteiger partial charge in [0.2, 0.25) is 5.95 Å². The minimum Gasteiger partial charge on any atom is -0.218 e. The maximum Gasteiger partial charge on any atom is 0.280 e. The number of halogens is 4. The van der Waals surface area contributed by atoms with Gasteiger partial charge in [-0.2, -0.15) is 4.39 Å². The Hall–Kier alpha value is -0.770. The fraction of sp³-hybridized carbons (Fsp3) is 0.286. The van der Waals surface area contributed by atoms with Gasteiger partial charge in [0.1, 0.15) is 5.69 Å². The minimum absolute atomic E-state index is 0.0298. The van der Waals surface area contributed by atoms with Gasteiger partial charge in [0.15, 0.2) is 0 Å². The minimum atomic E-state index is -2.79. The average molecular weight is 196 g/mol. The molecule has 12 heavy (non-hydrogen) atoms. The highest BCUT2D eigenvalue weighted by molar-refractivity contribution is 6.31. The van der Waals surface area contributed by atoms with Crippen LogP contribution in [0.4, 0.5) is 13.2 Å². The molecule has 5 heteroatoms. The van der Waals surface area contributed by atoms with Gasteiger partial charge < -0.3 is 0 Å². The van der Waals surface area contributed by atoms with E-state index < -0.39 is 18.1 Å². The molecule has 0 bridgehead atoms. The molecule has 0 atom stereocenters. The largest absolute Gasteiger partial charge is 0.280 e. The molecule has 0 unspecified atom stereocenters. The monoisotopic (exact) mass is 195 g/mol. The molecule has 0 aliphatic carbocycles. The van der Waals surface area contributed by atoms with Crippen LogP contribution < -0.4 is 0 Å². The molecule has 1 nitrogen and oxygen atoms in total. The van der Waals surface area contributed by atoms with Gasteiger partial charge in [-0.3, -0.25) is 0 Å². The maximum atomic E-state index is 12.7. The van der Waals surface area contributed by atoms with Crippen LogP contribution in [0.2, 0.25) is 5.02 Å². The molecule has 0 radical (unpaired) electrons. The molecule has 0 amide bonds. The summed E-state index contributed by atoms with van der Waals surface area (Å²) in [6.07, 6.45) is -2.79. The van der Waals surface area contributed by atoms with Crippen LogP contribution in [-0.4, -0.2) is 4.98 Å². The Morgan fingerprint density at radius 3 is 2.50 bits per heavy atom. The Morgan fingerprint density at radius 1 is 1.50 bits per heavy atom. The molecule has 0 fully saturated rings. The lowest BCUT2D eigenvalue weighted by Crippen LogP contribution is -1.96. The first-order chi connectivity index (χ1) is 5.52. The molecular weight excluding hydrogens is 191 g/mol. The van der Waals surface area contributed by atoms with Crippen LogP contribution in [0.5, 0.6) is 0 Å². The smallest absolute Gasteiger partial charge is 0.218 e. The van der Waals surface area contributed by atoms with Gasteiger partial charge in [0, 0.05) is 5.56 Å². The summed E-state index contributed by atoms with van der Waals surface area (Å²) in [6.45, 7) is 1.37. The quantitative estimate of drug-likeness (QED) is 0.628. The standard InChI is InChI=1S/C7H5ClF3N/c1-3-4(8)2-5(6(9)10)12-7(3)11/h2,6H,1H3. The SMILES string of the molecule is Cc1c(Cl)cc(C(F)F)nc1F. The van der Waals surface area contributed by atoms with Crippen molar-refractivity contribution in [1.29, 1.82) is 0 Å². The van der Waals surface area contributed by atoms with Gasteiger partial charge >= 0.3 is 0 Å². The number of aromatic nitrogens is 1. The van der Waals surface area contributed by atoms with Crippen molar-refractivity contribution in [1.82, 2.24) is 4.98 Å². The lowest BCUT2D eigenvalue weighted by atomic mass is 10.2. The number of alkyl halides is 2. The van der Waals surface area contributed by atoms with Crippen molar-refractivity contribution in [3.63, 3.8) is 0 Å². The van der Waals surface area contributed by atoms with E-state index in [2.05, 4.69) is 4.98 Å². The number of rotatable bonds is 1. The zero-order valence-corrected chi connectivity index (χ0v) is 6.87. The van der Waals surface area contributed by atoms with Crippen molar-refractivity contribution >= 4 is 11.6 Å². The van der Waals surface area contributed by atoms with E-state index in [0.717, 1.165) is 6.07 Å². The molecule has 0 spiro atoms. The molecule has 1 aromatic heterocycles. The van der Waals surface area contributed by atoms with Crippen molar-refractivity contribution in [2.75, 3.05) is 0 Å². The van der Waals surface area contributed by atoms with Crippen LogP contribution in [-0.2, 0) is 0 Å². The predicted molar refractivity (Wildman–Crippen MR) is 38.9 cm³/mol. The zero-order chi connectivity index (χ0) is 9.30.